The number of halogens is 1. The normalized spacial score (nSPS) is 10.3. The molecule has 1 aromatic heterocycles. The molecule has 0 spiro atoms. The summed E-state index contributed by atoms with van der Waals surface area (Å²) in [6, 6.07) is 20.7. The molecule has 126 valence electrons. The fourth-order valence-corrected chi connectivity index (χ4v) is 2.61. The molecular formula is C20H18ClN3O. The van der Waals surface area contributed by atoms with Crippen molar-refractivity contribution in [3.63, 3.8) is 0 Å². The van der Waals surface area contributed by atoms with Gasteiger partial charge in [-0.15, -0.1) is 0 Å². The molecule has 25 heavy (non-hydrogen) atoms. The van der Waals surface area contributed by atoms with Gasteiger partial charge in [-0.3, -0.25) is 4.79 Å². The van der Waals surface area contributed by atoms with E-state index in [0.29, 0.717) is 12.2 Å². The zero-order chi connectivity index (χ0) is 17.6. The van der Waals surface area contributed by atoms with Gasteiger partial charge in [0.15, 0.2) is 0 Å². The van der Waals surface area contributed by atoms with E-state index < -0.39 is 0 Å². The summed E-state index contributed by atoms with van der Waals surface area (Å²) in [5.74, 6) is -0.149. The molecule has 3 rings (SSSR count). The SMILES string of the molecule is CN(C(=O)c1ccc(NCc2ccccc2Cl)cn1)c1ccccc1. The van der Waals surface area contributed by atoms with Crippen LogP contribution in [-0.4, -0.2) is 17.9 Å². The molecule has 0 saturated heterocycles. The van der Waals surface area contributed by atoms with E-state index in [1.54, 1.807) is 24.2 Å². The van der Waals surface area contributed by atoms with E-state index in [9.17, 15) is 4.79 Å². The van der Waals surface area contributed by atoms with Gasteiger partial charge >= 0.3 is 0 Å². The molecule has 5 heteroatoms. The molecule has 1 heterocycles. The van der Waals surface area contributed by atoms with Crippen LogP contribution in [0.2, 0.25) is 5.02 Å². The molecular weight excluding hydrogens is 334 g/mol. The van der Waals surface area contributed by atoms with Crippen LogP contribution in [0.4, 0.5) is 11.4 Å². The second-order valence-corrected chi connectivity index (χ2v) is 5.98. The summed E-state index contributed by atoms with van der Waals surface area (Å²) in [5.41, 5.74) is 3.07. The Morgan fingerprint density at radius 2 is 1.76 bits per heavy atom. The Labute approximate surface area is 152 Å². The number of nitrogens with zero attached hydrogens (tertiary/aromatic N) is 2. The van der Waals surface area contributed by atoms with Gasteiger partial charge in [0.05, 0.1) is 11.9 Å². The second-order valence-electron chi connectivity index (χ2n) is 5.58. The van der Waals surface area contributed by atoms with E-state index >= 15 is 0 Å². The first-order valence-electron chi connectivity index (χ1n) is 7.91. The summed E-state index contributed by atoms with van der Waals surface area (Å²) in [4.78, 5) is 18.4. The predicted molar refractivity (Wildman–Crippen MR) is 102 cm³/mol. The van der Waals surface area contributed by atoms with Crippen LogP contribution in [0.25, 0.3) is 0 Å². The maximum atomic E-state index is 12.5. The maximum Gasteiger partial charge on any atom is 0.276 e. The number of para-hydroxylation sites is 1. The highest BCUT2D eigenvalue weighted by atomic mass is 35.5. The monoisotopic (exact) mass is 351 g/mol. The van der Waals surface area contributed by atoms with Crippen molar-refractivity contribution in [2.24, 2.45) is 0 Å². The van der Waals surface area contributed by atoms with Gasteiger partial charge in [-0.25, -0.2) is 4.98 Å². The Bertz CT molecular complexity index is 850. The first-order valence-corrected chi connectivity index (χ1v) is 8.29. The van der Waals surface area contributed by atoms with Gasteiger partial charge in [0.2, 0.25) is 0 Å². The molecule has 0 fully saturated rings. The fraction of sp³-hybridized carbons (Fsp3) is 0.100. The van der Waals surface area contributed by atoms with Gasteiger partial charge in [-0.2, -0.15) is 0 Å². The minimum absolute atomic E-state index is 0.149. The summed E-state index contributed by atoms with van der Waals surface area (Å²) in [5, 5.41) is 3.98. The lowest BCUT2D eigenvalue weighted by atomic mass is 10.2. The third-order valence-electron chi connectivity index (χ3n) is 3.87. The lowest BCUT2D eigenvalue weighted by molar-refractivity contribution is 0.0988. The van der Waals surface area contributed by atoms with Crippen LogP contribution in [-0.2, 0) is 6.54 Å². The molecule has 1 amide bonds. The van der Waals surface area contributed by atoms with Crippen LogP contribution in [0.15, 0.2) is 72.9 Å². The number of carbonyl (C=O) groups excluding carboxylic acids is 1. The molecule has 0 saturated carbocycles. The number of anilines is 2. The zero-order valence-corrected chi connectivity index (χ0v) is 14.6. The maximum absolute atomic E-state index is 12.5. The van der Waals surface area contributed by atoms with Crippen molar-refractivity contribution in [1.82, 2.24) is 4.98 Å². The van der Waals surface area contributed by atoms with Crippen LogP contribution < -0.4 is 10.2 Å². The Morgan fingerprint density at radius 1 is 1.04 bits per heavy atom. The summed E-state index contributed by atoms with van der Waals surface area (Å²) in [6.07, 6.45) is 1.66. The molecule has 0 atom stereocenters. The first kappa shape index (κ1) is 17.0. The van der Waals surface area contributed by atoms with Crippen LogP contribution in [0.3, 0.4) is 0 Å². The van der Waals surface area contributed by atoms with E-state index in [0.717, 1.165) is 22.0 Å². The minimum Gasteiger partial charge on any atom is -0.380 e. The second kappa shape index (κ2) is 7.81. The van der Waals surface area contributed by atoms with Crippen LogP contribution in [0, 0.1) is 0 Å². The Morgan fingerprint density at radius 3 is 2.44 bits per heavy atom. The topological polar surface area (TPSA) is 45.2 Å². The van der Waals surface area contributed by atoms with Crippen molar-refractivity contribution < 1.29 is 4.79 Å². The van der Waals surface area contributed by atoms with Gasteiger partial charge in [-0.05, 0) is 35.9 Å². The summed E-state index contributed by atoms with van der Waals surface area (Å²) in [6.45, 7) is 0.596. The molecule has 1 N–H and O–H groups in total. The minimum atomic E-state index is -0.149. The Hall–Kier alpha value is -2.85. The quantitative estimate of drug-likeness (QED) is 0.729. The van der Waals surface area contributed by atoms with Crippen molar-refractivity contribution in [1.29, 1.82) is 0 Å². The summed E-state index contributed by atoms with van der Waals surface area (Å²) >= 11 is 6.14. The number of pyridine rings is 1. The fourth-order valence-electron chi connectivity index (χ4n) is 2.40. The number of rotatable bonds is 5. The molecule has 2 aromatic carbocycles. The number of amides is 1. The van der Waals surface area contributed by atoms with Gasteiger partial charge in [0.25, 0.3) is 5.91 Å². The molecule has 0 aliphatic rings. The van der Waals surface area contributed by atoms with Gasteiger partial charge in [0.1, 0.15) is 5.69 Å². The first-order chi connectivity index (χ1) is 12.1. The van der Waals surface area contributed by atoms with Crippen molar-refractivity contribution in [2.75, 3.05) is 17.3 Å². The number of benzene rings is 2. The predicted octanol–water partition coefficient (Wildman–Crippen LogP) is 4.62. The Balaban J connectivity index is 1.66. The molecule has 0 aliphatic carbocycles. The van der Waals surface area contributed by atoms with Gasteiger partial charge in [-0.1, -0.05) is 48.0 Å². The van der Waals surface area contributed by atoms with Gasteiger partial charge < -0.3 is 10.2 Å². The number of nitrogens with one attached hydrogen (secondary N) is 1. The molecule has 0 aliphatic heterocycles. The lowest BCUT2D eigenvalue weighted by Crippen LogP contribution is -2.26. The van der Waals surface area contributed by atoms with Crippen molar-refractivity contribution in [2.45, 2.75) is 6.54 Å². The molecule has 3 aromatic rings. The average Bonchev–Trinajstić information content (AvgIpc) is 2.67. The van der Waals surface area contributed by atoms with Gasteiger partial charge in [0, 0.05) is 24.3 Å². The Kier molecular flexibility index (Phi) is 5.31. The standard InChI is InChI=1S/C20H18ClN3O/c1-24(17-8-3-2-4-9-17)20(25)19-12-11-16(14-23-19)22-13-15-7-5-6-10-18(15)21/h2-12,14,22H,13H2,1H3. The lowest BCUT2D eigenvalue weighted by Gasteiger charge is -2.17. The average molecular weight is 352 g/mol. The van der Waals surface area contributed by atoms with E-state index in [2.05, 4.69) is 10.3 Å². The van der Waals surface area contributed by atoms with E-state index in [1.165, 1.54) is 0 Å². The third kappa shape index (κ3) is 4.17. The van der Waals surface area contributed by atoms with E-state index in [-0.39, 0.29) is 5.91 Å². The third-order valence-corrected chi connectivity index (χ3v) is 4.24. The zero-order valence-electron chi connectivity index (χ0n) is 13.8. The van der Waals surface area contributed by atoms with Crippen LogP contribution in [0.1, 0.15) is 16.1 Å². The number of hydrogen-bond donors (Lipinski definition) is 1. The number of hydrogen-bond acceptors (Lipinski definition) is 3. The number of aromatic nitrogens is 1. The smallest absolute Gasteiger partial charge is 0.276 e. The van der Waals surface area contributed by atoms with E-state index in [1.807, 2.05) is 60.7 Å². The highest BCUT2D eigenvalue weighted by Crippen LogP contribution is 2.18. The highest BCUT2D eigenvalue weighted by Gasteiger charge is 2.14. The molecule has 4 nitrogen and oxygen atoms in total. The van der Waals surface area contributed by atoms with Crippen molar-refractivity contribution in [3.8, 4) is 0 Å². The summed E-state index contributed by atoms with van der Waals surface area (Å²) < 4.78 is 0. The number of carbonyl (C=O) groups is 1. The highest BCUT2D eigenvalue weighted by molar-refractivity contribution is 6.31. The molecule has 0 radical (unpaired) electrons. The van der Waals surface area contributed by atoms with Crippen molar-refractivity contribution in [3.05, 3.63) is 89.2 Å². The van der Waals surface area contributed by atoms with E-state index in [4.69, 9.17) is 11.6 Å². The molecule has 0 unspecified atom stereocenters. The summed E-state index contributed by atoms with van der Waals surface area (Å²) in [7, 11) is 1.74. The van der Waals surface area contributed by atoms with Crippen LogP contribution in [0.5, 0.6) is 0 Å². The van der Waals surface area contributed by atoms with Crippen molar-refractivity contribution >= 4 is 28.9 Å². The molecule has 0 bridgehead atoms. The largest absolute Gasteiger partial charge is 0.380 e. The van der Waals surface area contributed by atoms with Crippen LogP contribution >= 0.6 is 11.6 Å².